The molecule has 3 N–H and O–H groups in total. The highest BCUT2D eigenvalue weighted by Crippen LogP contribution is 2.23. The number of benzene rings is 1. The van der Waals surface area contributed by atoms with Crippen LogP contribution < -0.4 is 20.7 Å². The van der Waals surface area contributed by atoms with E-state index in [1.165, 1.54) is 16.2 Å². The minimum atomic E-state index is -0.487. The second-order valence-electron chi connectivity index (χ2n) is 5.89. The van der Waals surface area contributed by atoms with E-state index in [4.69, 9.17) is 10.5 Å². The number of thiazole rings is 1. The zero-order valence-electron chi connectivity index (χ0n) is 14.7. The number of carbonyl (C=O) groups is 3. The Labute approximate surface area is 159 Å². The average molecular weight is 389 g/mol. The van der Waals surface area contributed by atoms with Gasteiger partial charge < -0.3 is 20.7 Å². The number of amides is 4. The van der Waals surface area contributed by atoms with E-state index in [2.05, 4.69) is 10.3 Å². The molecule has 1 aliphatic rings. The number of carbonyl (C=O) groups excluding carboxylic acids is 3. The van der Waals surface area contributed by atoms with Crippen molar-refractivity contribution in [3.63, 3.8) is 0 Å². The molecular formula is C17H19N5O4S. The van der Waals surface area contributed by atoms with E-state index in [0.29, 0.717) is 29.7 Å². The maximum Gasteiger partial charge on any atom is 0.325 e. The maximum absolute atomic E-state index is 12.5. The van der Waals surface area contributed by atoms with Gasteiger partial charge in [0.25, 0.3) is 0 Å². The largest absolute Gasteiger partial charge is 0.497 e. The Kier molecular flexibility index (Phi) is 5.55. The summed E-state index contributed by atoms with van der Waals surface area (Å²) in [6, 6.07) is 6.93. The first kappa shape index (κ1) is 18.6. The van der Waals surface area contributed by atoms with Gasteiger partial charge in [0.05, 0.1) is 19.2 Å². The van der Waals surface area contributed by atoms with Gasteiger partial charge in [0.2, 0.25) is 11.8 Å². The molecule has 1 aliphatic heterocycles. The van der Waals surface area contributed by atoms with Crippen molar-refractivity contribution < 1.29 is 19.1 Å². The molecule has 4 amide bonds. The topological polar surface area (TPSA) is 118 Å². The molecule has 2 heterocycles. The lowest BCUT2D eigenvalue weighted by atomic mass is 10.3. The number of methoxy groups -OCH3 is 1. The Morgan fingerprint density at radius 2 is 2.04 bits per heavy atom. The van der Waals surface area contributed by atoms with E-state index in [-0.39, 0.29) is 24.9 Å². The molecule has 3 rings (SSSR count). The Morgan fingerprint density at radius 1 is 1.30 bits per heavy atom. The molecule has 0 saturated carbocycles. The lowest BCUT2D eigenvalue weighted by Gasteiger charge is -2.18. The summed E-state index contributed by atoms with van der Waals surface area (Å²) in [6.07, 6.45) is 0.0216. The standard InChI is InChI=1S/C17H19N5O4S/c1-26-13-4-2-12(3-5-13)22-7-6-21(17(22)25)9-15(24)20-16-19-11(10-27-16)8-14(18)23/h2-5,10H,6-9H2,1H3,(H2,18,23)(H,19,20,24). The Morgan fingerprint density at radius 3 is 2.70 bits per heavy atom. The van der Waals surface area contributed by atoms with E-state index >= 15 is 0 Å². The van der Waals surface area contributed by atoms with Crippen molar-refractivity contribution in [1.82, 2.24) is 9.88 Å². The van der Waals surface area contributed by atoms with Crippen LogP contribution in [0.3, 0.4) is 0 Å². The van der Waals surface area contributed by atoms with E-state index in [1.54, 1.807) is 41.7 Å². The summed E-state index contributed by atoms with van der Waals surface area (Å²) in [5, 5.41) is 4.67. The minimum absolute atomic E-state index is 0.0216. The molecule has 1 aromatic heterocycles. The van der Waals surface area contributed by atoms with Crippen molar-refractivity contribution >= 4 is 40.0 Å². The zero-order chi connectivity index (χ0) is 19.4. The number of hydrogen-bond acceptors (Lipinski definition) is 6. The van der Waals surface area contributed by atoms with Crippen LogP contribution in [0, 0.1) is 0 Å². The van der Waals surface area contributed by atoms with Crippen LogP contribution in [0.25, 0.3) is 0 Å². The van der Waals surface area contributed by atoms with Crippen LogP contribution in [0.2, 0.25) is 0 Å². The highest BCUT2D eigenvalue weighted by molar-refractivity contribution is 7.13. The minimum Gasteiger partial charge on any atom is -0.497 e. The molecule has 9 nitrogen and oxygen atoms in total. The SMILES string of the molecule is COc1ccc(N2CCN(CC(=O)Nc3nc(CC(N)=O)cs3)C2=O)cc1. The predicted octanol–water partition coefficient (Wildman–Crippen LogP) is 1.06. The average Bonchev–Trinajstić information content (AvgIpc) is 3.21. The fourth-order valence-electron chi connectivity index (χ4n) is 2.69. The quantitative estimate of drug-likeness (QED) is 0.734. The van der Waals surface area contributed by atoms with Gasteiger partial charge in [0, 0.05) is 24.2 Å². The summed E-state index contributed by atoms with van der Waals surface area (Å²) in [7, 11) is 1.58. The summed E-state index contributed by atoms with van der Waals surface area (Å²) in [4.78, 5) is 42.9. The smallest absolute Gasteiger partial charge is 0.325 e. The highest BCUT2D eigenvalue weighted by Gasteiger charge is 2.31. The number of rotatable bonds is 7. The molecule has 142 valence electrons. The van der Waals surface area contributed by atoms with Gasteiger partial charge in [-0.05, 0) is 24.3 Å². The van der Waals surface area contributed by atoms with E-state index in [1.807, 2.05) is 0 Å². The number of aromatic nitrogens is 1. The summed E-state index contributed by atoms with van der Waals surface area (Å²) < 4.78 is 5.11. The van der Waals surface area contributed by atoms with Gasteiger partial charge in [-0.2, -0.15) is 0 Å². The van der Waals surface area contributed by atoms with Crippen molar-refractivity contribution in [1.29, 1.82) is 0 Å². The molecule has 0 bridgehead atoms. The summed E-state index contributed by atoms with van der Waals surface area (Å²) in [6.45, 7) is 0.873. The van der Waals surface area contributed by atoms with Crippen molar-refractivity contribution in [2.24, 2.45) is 5.73 Å². The van der Waals surface area contributed by atoms with Crippen LogP contribution in [-0.4, -0.2) is 54.5 Å². The Bertz CT molecular complexity index is 851. The van der Waals surface area contributed by atoms with Crippen LogP contribution in [0.4, 0.5) is 15.6 Å². The number of primary amides is 1. The second kappa shape index (κ2) is 8.04. The molecule has 2 aromatic rings. The molecule has 0 aliphatic carbocycles. The van der Waals surface area contributed by atoms with Crippen molar-refractivity contribution in [2.75, 3.05) is 37.0 Å². The molecule has 1 fully saturated rings. The normalized spacial score (nSPS) is 13.7. The monoisotopic (exact) mass is 389 g/mol. The molecule has 0 atom stereocenters. The fourth-order valence-corrected chi connectivity index (χ4v) is 3.41. The van der Waals surface area contributed by atoms with Crippen molar-refractivity contribution in [3.05, 3.63) is 35.3 Å². The van der Waals surface area contributed by atoms with Gasteiger partial charge >= 0.3 is 6.03 Å². The third-order valence-electron chi connectivity index (χ3n) is 3.97. The van der Waals surface area contributed by atoms with E-state index in [9.17, 15) is 14.4 Å². The first-order valence-corrected chi connectivity index (χ1v) is 9.07. The highest BCUT2D eigenvalue weighted by atomic mass is 32.1. The Hall–Kier alpha value is -3.14. The number of urea groups is 1. The van der Waals surface area contributed by atoms with Gasteiger partial charge in [-0.3, -0.25) is 14.5 Å². The molecular weight excluding hydrogens is 370 g/mol. The number of ether oxygens (including phenoxy) is 1. The first-order chi connectivity index (χ1) is 13.0. The number of nitrogens with two attached hydrogens (primary N) is 1. The van der Waals surface area contributed by atoms with Gasteiger partial charge in [-0.25, -0.2) is 9.78 Å². The molecule has 0 unspecified atom stereocenters. The number of anilines is 2. The van der Waals surface area contributed by atoms with Crippen molar-refractivity contribution in [3.8, 4) is 5.75 Å². The van der Waals surface area contributed by atoms with Gasteiger partial charge in [0.1, 0.15) is 12.3 Å². The third-order valence-corrected chi connectivity index (χ3v) is 4.77. The summed E-state index contributed by atoms with van der Waals surface area (Å²) in [5.74, 6) is -0.125. The van der Waals surface area contributed by atoms with Crippen LogP contribution in [0.15, 0.2) is 29.6 Å². The van der Waals surface area contributed by atoms with Crippen LogP contribution >= 0.6 is 11.3 Å². The zero-order valence-corrected chi connectivity index (χ0v) is 15.5. The third kappa shape index (κ3) is 4.53. The summed E-state index contributed by atoms with van der Waals surface area (Å²) >= 11 is 1.20. The summed E-state index contributed by atoms with van der Waals surface area (Å²) in [5.41, 5.74) is 6.37. The van der Waals surface area contributed by atoms with Crippen molar-refractivity contribution in [2.45, 2.75) is 6.42 Å². The molecule has 1 saturated heterocycles. The molecule has 1 aromatic carbocycles. The Balaban J connectivity index is 1.56. The molecule has 0 spiro atoms. The first-order valence-electron chi connectivity index (χ1n) is 8.19. The molecule has 10 heteroatoms. The molecule has 27 heavy (non-hydrogen) atoms. The van der Waals surface area contributed by atoms with Crippen LogP contribution in [0.5, 0.6) is 5.75 Å². The van der Waals surface area contributed by atoms with Gasteiger partial charge in [-0.15, -0.1) is 11.3 Å². The fraction of sp³-hybridized carbons (Fsp3) is 0.294. The maximum atomic E-state index is 12.5. The van der Waals surface area contributed by atoms with Gasteiger partial charge in [0.15, 0.2) is 5.13 Å². The predicted molar refractivity (Wildman–Crippen MR) is 101 cm³/mol. The number of nitrogens with zero attached hydrogens (tertiary/aromatic N) is 3. The van der Waals surface area contributed by atoms with Crippen LogP contribution in [0.1, 0.15) is 5.69 Å². The van der Waals surface area contributed by atoms with E-state index in [0.717, 1.165) is 5.69 Å². The number of nitrogens with one attached hydrogen (secondary N) is 1. The van der Waals surface area contributed by atoms with Gasteiger partial charge in [-0.1, -0.05) is 0 Å². The number of hydrogen-bond donors (Lipinski definition) is 2. The van der Waals surface area contributed by atoms with Crippen LogP contribution in [-0.2, 0) is 16.0 Å². The van der Waals surface area contributed by atoms with E-state index < -0.39 is 5.91 Å². The lowest BCUT2D eigenvalue weighted by molar-refractivity contribution is -0.117. The lowest BCUT2D eigenvalue weighted by Crippen LogP contribution is -2.37. The second-order valence-corrected chi connectivity index (χ2v) is 6.75. The molecule has 0 radical (unpaired) electrons.